The van der Waals surface area contributed by atoms with Crippen LogP contribution in [0.3, 0.4) is 0 Å². The average molecular weight is 379 g/mol. The summed E-state index contributed by atoms with van der Waals surface area (Å²) >= 11 is 3.69. The molecule has 1 N–H and O–H groups in total. The van der Waals surface area contributed by atoms with Gasteiger partial charge < -0.3 is 5.11 Å². The van der Waals surface area contributed by atoms with Gasteiger partial charge in [-0.3, -0.25) is 4.79 Å². The molecule has 1 aromatic rings. The lowest BCUT2D eigenvalue weighted by Crippen LogP contribution is -2.34. The third-order valence-corrected chi connectivity index (χ3v) is 5.77. The summed E-state index contributed by atoms with van der Waals surface area (Å²) < 4.78 is 1.08. The fraction of sp³-hybridized carbons (Fsp3) is 0.550. The highest BCUT2D eigenvalue weighted by Crippen LogP contribution is 2.47. The minimum absolute atomic E-state index is 0.0331. The molecule has 0 bridgehead atoms. The topological polar surface area (TPSA) is 37.3 Å². The Bertz CT molecular complexity index is 650. The summed E-state index contributed by atoms with van der Waals surface area (Å²) in [5.74, 6) is 0.0385. The molecular weight excluding hydrogens is 352 g/mol. The van der Waals surface area contributed by atoms with Gasteiger partial charge in [0.25, 0.3) is 0 Å². The number of rotatable bonds is 4. The van der Waals surface area contributed by atoms with E-state index in [0.29, 0.717) is 12.8 Å². The van der Waals surface area contributed by atoms with Gasteiger partial charge >= 0.3 is 0 Å². The van der Waals surface area contributed by atoms with Crippen LogP contribution in [0.1, 0.15) is 70.6 Å². The Morgan fingerprint density at radius 3 is 2.22 bits per heavy atom. The number of allylic oxidation sites excluding steroid dienone is 2. The Balaban J connectivity index is 2.34. The van der Waals surface area contributed by atoms with E-state index in [1.165, 1.54) is 42.5 Å². The predicted molar refractivity (Wildman–Crippen MR) is 99.1 cm³/mol. The van der Waals surface area contributed by atoms with Gasteiger partial charge in [0.1, 0.15) is 0 Å². The van der Waals surface area contributed by atoms with Crippen molar-refractivity contribution in [1.82, 2.24) is 0 Å². The molecule has 0 saturated heterocycles. The van der Waals surface area contributed by atoms with Crippen molar-refractivity contribution in [3.05, 3.63) is 45.1 Å². The van der Waals surface area contributed by atoms with Crippen LogP contribution in [0.15, 0.2) is 28.4 Å². The number of fused-ring (bicyclic) bond motifs is 1. The van der Waals surface area contributed by atoms with E-state index in [1.807, 2.05) is 0 Å². The first kappa shape index (κ1) is 18.3. The predicted octanol–water partition coefficient (Wildman–Crippen LogP) is 5.76. The molecule has 0 atom stereocenters. The zero-order valence-electron chi connectivity index (χ0n) is 14.8. The van der Waals surface area contributed by atoms with Gasteiger partial charge in [0.05, 0.1) is 5.76 Å². The van der Waals surface area contributed by atoms with Gasteiger partial charge in [0.15, 0.2) is 5.78 Å². The van der Waals surface area contributed by atoms with Crippen molar-refractivity contribution in [2.45, 2.75) is 71.1 Å². The maximum atomic E-state index is 11.8. The van der Waals surface area contributed by atoms with E-state index in [4.69, 9.17) is 0 Å². The van der Waals surface area contributed by atoms with E-state index in [9.17, 15) is 9.90 Å². The van der Waals surface area contributed by atoms with Crippen LogP contribution >= 0.6 is 15.9 Å². The van der Waals surface area contributed by atoms with E-state index in [2.05, 4.69) is 55.8 Å². The molecule has 1 aliphatic rings. The lowest BCUT2D eigenvalue weighted by molar-refractivity contribution is -0.114. The maximum Gasteiger partial charge on any atom is 0.159 e. The quantitative estimate of drug-likeness (QED) is 0.533. The highest BCUT2D eigenvalue weighted by molar-refractivity contribution is 9.10. The van der Waals surface area contributed by atoms with Gasteiger partial charge in [-0.15, -0.1) is 0 Å². The second kappa shape index (κ2) is 6.43. The summed E-state index contributed by atoms with van der Waals surface area (Å²) in [6.07, 6.45) is 4.78. The van der Waals surface area contributed by atoms with E-state index in [1.54, 1.807) is 0 Å². The molecular formula is C20H27BrO2. The van der Waals surface area contributed by atoms with Gasteiger partial charge in [0.2, 0.25) is 0 Å². The Kier molecular flexibility index (Phi) is 5.10. The minimum Gasteiger partial charge on any atom is -0.512 e. The van der Waals surface area contributed by atoms with Gasteiger partial charge in [-0.2, -0.15) is 0 Å². The summed E-state index contributed by atoms with van der Waals surface area (Å²) in [5.41, 5.74) is 4.37. The molecule has 2 rings (SSSR count). The number of hydrogen-bond acceptors (Lipinski definition) is 2. The molecule has 0 unspecified atom stereocenters. The van der Waals surface area contributed by atoms with Crippen LogP contribution in [-0.2, 0) is 22.0 Å². The zero-order chi connectivity index (χ0) is 17.4. The largest absolute Gasteiger partial charge is 0.512 e. The molecule has 3 heteroatoms. The molecule has 0 aromatic heterocycles. The third-order valence-electron chi connectivity index (χ3n) is 5.03. The Morgan fingerprint density at radius 2 is 1.70 bits per heavy atom. The number of carbonyl (C=O) groups is 1. The van der Waals surface area contributed by atoms with E-state index in [0.717, 1.165) is 4.47 Å². The van der Waals surface area contributed by atoms with Crippen LogP contribution in [0, 0.1) is 0 Å². The Hall–Kier alpha value is -1.09. The first-order valence-electron chi connectivity index (χ1n) is 8.26. The summed E-state index contributed by atoms with van der Waals surface area (Å²) in [7, 11) is 0. The molecule has 2 nitrogen and oxygen atoms in total. The molecule has 0 radical (unpaired) electrons. The molecule has 1 aliphatic carbocycles. The molecule has 23 heavy (non-hydrogen) atoms. The molecule has 0 saturated carbocycles. The number of benzene rings is 1. The highest BCUT2D eigenvalue weighted by atomic mass is 79.9. The number of hydrogen-bond donors (Lipinski definition) is 1. The first-order chi connectivity index (χ1) is 10.5. The molecule has 0 amide bonds. The van der Waals surface area contributed by atoms with Crippen LogP contribution in [-0.4, -0.2) is 10.9 Å². The normalized spacial score (nSPS) is 19.3. The van der Waals surface area contributed by atoms with Crippen molar-refractivity contribution in [1.29, 1.82) is 0 Å². The van der Waals surface area contributed by atoms with Gasteiger partial charge in [-0.05, 0) is 59.8 Å². The molecule has 0 aliphatic heterocycles. The lowest BCUT2D eigenvalue weighted by atomic mass is 9.63. The fourth-order valence-electron chi connectivity index (χ4n) is 3.39. The van der Waals surface area contributed by atoms with Gasteiger partial charge in [0, 0.05) is 17.0 Å². The molecule has 1 aromatic carbocycles. The summed E-state index contributed by atoms with van der Waals surface area (Å²) in [6.45, 7) is 10.8. The second-order valence-electron chi connectivity index (χ2n) is 8.01. The van der Waals surface area contributed by atoms with Crippen molar-refractivity contribution in [3.63, 3.8) is 0 Å². The van der Waals surface area contributed by atoms with Crippen molar-refractivity contribution >= 4 is 21.7 Å². The molecule has 126 valence electrons. The van der Waals surface area contributed by atoms with Crippen LogP contribution in [0.4, 0.5) is 0 Å². The van der Waals surface area contributed by atoms with Crippen molar-refractivity contribution in [2.24, 2.45) is 0 Å². The maximum absolute atomic E-state index is 11.8. The smallest absolute Gasteiger partial charge is 0.159 e. The van der Waals surface area contributed by atoms with Crippen LogP contribution in [0.2, 0.25) is 0 Å². The lowest BCUT2D eigenvalue weighted by Gasteiger charge is -2.42. The monoisotopic (exact) mass is 378 g/mol. The van der Waals surface area contributed by atoms with Crippen molar-refractivity contribution in [3.8, 4) is 0 Å². The SMILES string of the molecule is C/C(O)=C/C(=O)CCc1cc2c(cc1Br)C(C)(C)CCC2(C)C. The Labute approximate surface area is 148 Å². The minimum atomic E-state index is -0.0331. The molecule has 0 fully saturated rings. The van der Waals surface area contributed by atoms with Crippen molar-refractivity contribution in [2.75, 3.05) is 0 Å². The van der Waals surface area contributed by atoms with Crippen LogP contribution in [0.5, 0.6) is 0 Å². The number of aliphatic hydroxyl groups excluding tert-OH is 1. The van der Waals surface area contributed by atoms with Crippen LogP contribution in [0.25, 0.3) is 0 Å². The van der Waals surface area contributed by atoms with E-state index < -0.39 is 0 Å². The summed E-state index contributed by atoms with van der Waals surface area (Å²) in [6, 6.07) is 4.53. The summed E-state index contributed by atoms with van der Waals surface area (Å²) in [4.78, 5) is 11.8. The summed E-state index contributed by atoms with van der Waals surface area (Å²) in [5, 5.41) is 9.19. The Morgan fingerprint density at radius 1 is 1.17 bits per heavy atom. The van der Waals surface area contributed by atoms with Gasteiger partial charge in [-0.25, -0.2) is 0 Å². The van der Waals surface area contributed by atoms with E-state index in [-0.39, 0.29) is 22.4 Å². The number of halogens is 1. The second-order valence-corrected chi connectivity index (χ2v) is 8.86. The fourth-order valence-corrected chi connectivity index (χ4v) is 3.93. The first-order valence-corrected chi connectivity index (χ1v) is 9.06. The third kappa shape index (κ3) is 4.06. The van der Waals surface area contributed by atoms with E-state index >= 15 is 0 Å². The highest BCUT2D eigenvalue weighted by Gasteiger charge is 2.37. The van der Waals surface area contributed by atoms with Crippen LogP contribution < -0.4 is 0 Å². The van der Waals surface area contributed by atoms with Crippen molar-refractivity contribution < 1.29 is 9.90 Å². The number of aliphatic hydroxyl groups is 1. The molecule has 0 heterocycles. The van der Waals surface area contributed by atoms with Gasteiger partial charge in [-0.1, -0.05) is 49.7 Å². The molecule has 0 spiro atoms. The number of ketones is 1. The number of carbonyl (C=O) groups excluding carboxylic acids is 1. The standard InChI is InChI=1S/C20H27BrO2/c1-13(22)10-15(23)7-6-14-11-16-17(12-18(14)21)20(4,5)9-8-19(16,2)3/h10-12,22H,6-9H2,1-5H3/b13-10-. The average Bonchev–Trinajstić information content (AvgIpc) is 2.41. The number of aryl methyl sites for hydroxylation is 1. The zero-order valence-corrected chi connectivity index (χ0v) is 16.4.